The summed E-state index contributed by atoms with van der Waals surface area (Å²) >= 11 is 0. The second-order valence-electron chi connectivity index (χ2n) is 3.05. The van der Waals surface area contributed by atoms with Crippen LogP contribution in [0.1, 0.15) is 32.6 Å². The summed E-state index contributed by atoms with van der Waals surface area (Å²) in [6, 6.07) is 0. The summed E-state index contributed by atoms with van der Waals surface area (Å²) in [6.45, 7) is 4.23. The zero-order chi connectivity index (χ0) is 8.53. The van der Waals surface area contributed by atoms with Crippen LogP contribution in [0.3, 0.4) is 0 Å². The van der Waals surface area contributed by atoms with Crippen LogP contribution in [0, 0.1) is 0 Å². The second kappa shape index (κ2) is 7.99. The van der Waals surface area contributed by atoms with E-state index in [-0.39, 0.29) is 6.67 Å². The van der Waals surface area contributed by atoms with Crippen LogP contribution >= 0.6 is 0 Å². The summed E-state index contributed by atoms with van der Waals surface area (Å²) in [4.78, 5) is 2.28. The molecule has 0 aromatic heterocycles. The van der Waals surface area contributed by atoms with Gasteiger partial charge >= 0.3 is 0 Å². The highest BCUT2D eigenvalue weighted by Gasteiger charge is 1.95. The van der Waals surface area contributed by atoms with Gasteiger partial charge in [0, 0.05) is 0 Å². The second-order valence-corrected chi connectivity index (χ2v) is 3.05. The van der Waals surface area contributed by atoms with Gasteiger partial charge < -0.3 is 4.90 Å². The van der Waals surface area contributed by atoms with E-state index in [4.69, 9.17) is 0 Å². The molecule has 0 aliphatic rings. The Morgan fingerprint density at radius 3 is 2.27 bits per heavy atom. The van der Waals surface area contributed by atoms with Crippen molar-refractivity contribution >= 4 is 0 Å². The van der Waals surface area contributed by atoms with Crippen molar-refractivity contribution in [2.75, 3.05) is 26.8 Å². The maximum atomic E-state index is 11.7. The summed E-state index contributed by atoms with van der Waals surface area (Å²) in [5.74, 6) is 0. The van der Waals surface area contributed by atoms with E-state index in [1.165, 1.54) is 12.8 Å². The van der Waals surface area contributed by atoms with Gasteiger partial charge in [-0.3, -0.25) is 4.39 Å². The van der Waals surface area contributed by atoms with Crippen LogP contribution in [-0.4, -0.2) is 31.7 Å². The average molecular weight is 161 g/mol. The Labute approximate surface area is 69.6 Å². The minimum Gasteiger partial charge on any atom is -0.306 e. The molecule has 68 valence electrons. The van der Waals surface area contributed by atoms with Gasteiger partial charge in [-0.05, 0) is 39.4 Å². The highest BCUT2D eigenvalue weighted by Crippen LogP contribution is 1.95. The van der Waals surface area contributed by atoms with Gasteiger partial charge in [-0.25, -0.2) is 0 Å². The average Bonchev–Trinajstić information content (AvgIpc) is 2.01. The third kappa shape index (κ3) is 7.79. The maximum Gasteiger partial charge on any atom is 0.0894 e. The third-order valence-corrected chi connectivity index (χ3v) is 1.82. The lowest BCUT2D eigenvalue weighted by atomic mass is 10.3. The first-order chi connectivity index (χ1) is 5.31. The minimum atomic E-state index is -0.165. The van der Waals surface area contributed by atoms with E-state index in [1.54, 1.807) is 0 Å². The first-order valence-electron chi connectivity index (χ1n) is 4.55. The Morgan fingerprint density at radius 1 is 1.09 bits per heavy atom. The van der Waals surface area contributed by atoms with Gasteiger partial charge in [0.2, 0.25) is 0 Å². The van der Waals surface area contributed by atoms with Crippen LogP contribution in [0.15, 0.2) is 0 Å². The molecule has 0 N–H and O–H groups in total. The Balaban J connectivity index is 3.02. The molecule has 0 amide bonds. The fourth-order valence-corrected chi connectivity index (χ4v) is 1.02. The number of hydrogen-bond acceptors (Lipinski definition) is 1. The Hall–Kier alpha value is -0.110. The lowest BCUT2D eigenvalue weighted by Gasteiger charge is -2.14. The van der Waals surface area contributed by atoms with E-state index >= 15 is 0 Å². The van der Waals surface area contributed by atoms with Gasteiger partial charge in [0.25, 0.3) is 0 Å². The highest BCUT2D eigenvalue weighted by atomic mass is 19.1. The zero-order valence-electron chi connectivity index (χ0n) is 7.77. The van der Waals surface area contributed by atoms with Crippen molar-refractivity contribution in [1.29, 1.82) is 0 Å². The van der Waals surface area contributed by atoms with Crippen molar-refractivity contribution < 1.29 is 4.39 Å². The van der Waals surface area contributed by atoms with Crippen molar-refractivity contribution in [3.05, 3.63) is 0 Å². The Morgan fingerprint density at radius 2 is 1.73 bits per heavy atom. The molecule has 0 atom stereocenters. The Kier molecular flexibility index (Phi) is 7.91. The molecule has 0 aromatic carbocycles. The van der Waals surface area contributed by atoms with Gasteiger partial charge in [0.05, 0.1) is 6.67 Å². The molecule has 1 nitrogen and oxygen atoms in total. The molecule has 0 saturated heterocycles. The van der Waals surface area contributed by atoms with Gasteiger partial charge in [-0.15, -0.1) is 0 Å². The number of rotatable bonds is 7. The fourth-order valence-electron chi connectivity index (χ4n) is 1.02. The van der Waals surface area contributed by atoms with Gasteiger partial charge in [0.15, 0.2) is 0 Å². The molecule has 0 saturated carbocycles. The van der Waals surface area contributed by atoms with Crippen molar-refractivity contribution in [2.45, 2.75) is 32.6 Å². The van der Waals surface area contributed by atoms with Crippen LogP contribution in [0.25, 0.3) is 0 Å². The van der Waals surface area contributed by atoms with Crippen molar-refractivity contribution in [3.8, 4) is 0 Å². The molecule has 0 rings (SSSR count). The smallest absolute Gasteiger partial charge is 0.0894 e. The summed E-state index contributed by atoms with van der Waals surface area (Å²) in [7, 11) is 2.11. The summed E-state index contributed by atoms with van der Waals surface area (Å²) in [6.07, 6.45) is 4.22. The number of halogens is 1. The van der Waals surface area contributed by atoms with E-state index in [1.807, 2.05) is 0 Å². The van der Waals surface area contributed by atoms with E-state index in [0.717, 1.165) is 25.9 Å². The van der Waals surface area contributed by atoms with E-state index < -0.39 is 0 Å². The molecule has 11 heavy (non-hydrogen) atoms. The van der Waals surface area contributed by atoms with Crippen LogP contribution in [0.2, 0.25) is 0 Å². The van der Waals surface area contributed by atoms with Gasteiger partial charge in [0.1, 0.15) is 0 Å². The van der Waals surface area contributed by atoms with Gasteiger partial charge in [-0.2, -0.15) is 0 Å². The summed E-state index contributed by atoms with van der Waals surface area (Å²) in [5, 5.41) is 0. The lowest BCUT2D eigenvalue weighted by molar-refractivity contribution is 0.312. The van der Waals surface area contributed by atoms with E-state index in [2.05, 4.69) is 18.9 Å². The molecule has 2 heteroatoms. The molecule has 0 aromatic rings. The van der Waals surface area contributed by atoms with Crippen LogP contribution in [0.4, 0.5) is 4.39 Å². The molecule has 0 aliphatic heterocycles. The minimum absolute atomic E-state index is 0.165. The molecule has 0 unspecified atom stereocenters. The molecule has 0 aliphatic carbocycles. The highest BCUT2D eigenvalue weighted by molar-refractivity contribution is 4.50. The topological polar surface area (TPSA) is 3.24 Å². The molecule has 0 radical (unpaired) electrons. The number of unbranched alkanes of at least 4 members (excludes halogenated alkanes) is 2. The number of hydrogen-bond donors (Lipinski definition) is 0. The standard InChI is InChI=1S/C9H20FN/c1-3-4-8-11(2)9-6-5-7-10/h3-9H2,1-2H3. The van der Waals surface area contributed by atoms with Crippen LogP contribution in [-0.2, 0) is 0 Å². The fraction of sp³-hybridized carbons (Fsp3) is 1.00. The normalized spacial score (nSPS) is 10.9. The van der Waals surface area contributed by atoms with Crippen molar-refractivity contribution in [1.82, 2.24) is 4.90 Å². The third-order valence-electron chi connectivity index (χ3n) is 1.82. The molecular formula is C9H20FN. The SMILES string of the molecule is CCCCN(C)CCCCF. The molecular weight excluding hydrogens is 141 g/mol. The predicted octanol–water partition coefficient (Wildman–Crippen LogP) is 2.47. The zero-order valence-corrected chi connectivity index (χ0v) is 7.77. The molecule has 0 fully saturated rings. The Bertz CT molecular complexity index is 76.0. The largest absolute Gasteiger partial charge is 0.306 e. The van der Waals surface area contributed by atoms with Crippen LogP contribution in [0.5, 0.6) is 0 Å². The van der Waals surface area contributed by atoms with Crippen molar-refractivity contribution in [3.63, 3.8) is 0 Å². The van der Waals surface area contributed by atoms with E-state index in [0.29, 0.717) is 0 Å². The maximum absolute atomic E-state index is 11.7. The predicted molar refractivity (Wildman–Crippen MR) is 47.6 cm³/mol. The number of nitrogens with zero attached hydrogens (tertiary/aromatic N) is 1. The number of alkyl halides is 1. The molecule has 0 heterocycles. The quantitative estimate of drug-likeness (QED) is 0.518. The molecule has 0 spiro atoms. The first kappa shape index (κ1) is 10.9. The van der Waals surface area contributed by atoms with Crippen molar-refractivity contribution in [2.24, 2.45) is 0 Å². The molecule has 0 bridgehead atoms. The van der Waals surface area contributed by atoms with E-state index in [9.17, 15) is 4.39 Å². The monoisotopic (exact) mass is 161 g/mol. The summed E-state index contributed by atoms with van der Waals surface area (Å²) in [5.41, 5.74) is 0. The van der Waals surface area contributed by atoms with Crippen LogP contribution < -0.4 is 0 Å². The summed E-state index contributed by atoms with van der Waals surface area (Å²) < 4.78 is 11.7. The lowest BCUT2D eigenvalue weighted by Crippen LogP contribution is -2.20. The van der Waals surface area contributed by atoms with Gasteiger partial charge in [-0.1, -0.05) is 13.3 Å². The first-order valence-corrected chi connectivity index (χ1v) is 4.55.